The molecular weight excluding hydrogens is 302 g/mol. The Morgan fingerprint density at radius 1 is 1.42 bits per heavy atom. The number of aryl methyl sites for hydroxylation is 1. The predicted octanol–water partition coefficient (Wildman–Crippen LogP) is 4.31. The maximum Gasteiger partial charge on any atom is 0.251 e. The van der Waals surface area contributed by atoms with Crippen LogP contribution in [0.2, 0.25) is 0 Å². The number of halogens is 1. The number of amides is 1. The highest BCUT2D eigenvalue weighted by Gasteiger charge is 2.32. The number of nitrogens with one attached hydrogen (secondary N) is 1. The summed E-state index contributed by atoms with van der Waals surface area (Å²) in [5.41, 5.74) is 1.85. The Morgan fingerprint density at radius 2 is 2.16 bits per heavy atom. The van der Waals surface area contributed by atoms with Crippen LogP contribution in [0.5, 0.6) is 0 Å². The summed E-state index contributed by atoms with van der Waals surface area (Å²) >= 11 is 3.46. The van der Waals surface area contributed by atoms with Crippen molar-refractivity contribution in [2.75, 3.05) is 0 Å². The SMILES string of the molecule is CCC1CCC(NC(=O)c2ccc(Br)c(C)c2)C1C. The van der Waals surface area contributed by atoms with Crippen molar-refractivity contribution in [3.8, 4) is 0 Å². The molecule has 0 heterocycles. The average Bonchev–Trinajstić information content (AvgIpc) is 2.73. The lowest BCUT2D eigenvalue weighted by molar-refractivity contribution is 0.0926. The smallest absolute Gasteiger partial charge is 0.251 e. The molecule has 2 nitrogen and oxygen atoms in total. The van der Waals surface area contributed by atoms with Gasteiger partial charge in [0.1, 0.15) is 0 Å². The molecule has 0 saturated heterocycles. The van der Waals surface area contributed by atoms with Gasteiger partial charge in [0.05, 0.1) is 0 Å². The molecule has 1 amide bonds. The summed E-state index contributed by atoms with van der Waals surface area (Å²) in [7, 11) is 0. The second-order valence-electron chi connectivity index (χ2n) is 5.65. The Kier molecular flexibility index (Phi) is 4.67. The van der Waals surface area contributed by atoms with Crippen molar-refractivity contribution >= 4 is 21.8 Å². The number of hydrogen-bond acceptors (Lipinski definition) is 1. The van der Waals surface area contributed by atoms with E-state index < -0.39 is 0 Å². The van der Waals surface area contributed by atoms with Crippen LogP contribution in [-0.2, 0) is 0 Å². The second-order valence-corrected chi connectivity index (χ2v) is 6.50. The van der Waals surface area contributed by atoms with Crippen LogP contribution in [0.25, 0.3) is 0 Å². The summed E-state index contributed by atoms with van der Waals surface area (Å²) in [6.07, 6.45) is 3.56. The van der Waals surface area contributed by atoms with Gasteiger partial charge in [0.15, 0.2) is 0 Å². The molecule has 1 aliphatic carbocycles. The van der Waals surface area contributed by atoms with Crippen LogP contribution in [0.1, 0.15) is 49.0 Å². The Bertz CT molecular complexity index is 472. The van der Waals surface area contributed by atoms with E-state index in [-0.39, 0.29) is 5.91 Å². The number of benzene rings is 1. The molecule has 3 atom stereocenters. The molecule has 0 aromatic heterocycles. The van der Waals surface area contributed by atoms with Crippen molar-refractivity contribution in [2.24, 2.45) is 11.8 Å². The fourth-order valence-corrected chi connectivity index (χ4v) is 3.31. The fourth-order valence-electron chi connectivity index (χ4n) is 3.07. The van der Waals surface area contributed by atoms with Crippen LogP contribution in [0.3, 0.4) is 0 Å². The molecular formula is C16H22BrNO. The third-order valence-corrected chi connectivity index (χ3v) is 5.38. The zero-order chi connectivity index (χ0) is 14.0. The highest BCUT2D eigenvalue weighted by atomic mass is 79.9. The molecule has 19 heavy (non-hydrogen) atoms. The molecule has 1 aliphatic rings. The van der Waals surface area contributed by atoms with Crippen molar-refractivity contribution in [3.05, 3.63) is 33.8 Å². The van der Waals surface area contributed by atoms with E-state index in [1.165, 1.54) is 12.8 Å². The molecule has 1 N–H and O–H groups in total. The highest BCUT2D eigenvalue weighted by molar-refractivity contribution is 9.10. The number of rotatable bonds is 3. The van der Waals surface area contributed by atoms with Gasteiger partial charge in [-0.1, -0.05) is 36.2 Å². The average molecular weight is 324 g/mol. The first-order chi connectivity index (χ1) is 9.02. The van der Waals surface area contributed by atoms with E-state index in [9.17, 15) is 4.79 Å². The first-order valence-corrected chi connectivity index (χ1v) is 7.89. The molecule has 3 heteroatoms. The summed E-state index contributed by atoms with van der Waals surface area (Å²) in [6.45, 7) is 6.51. The van der Waals surface area contributed by atoms with Crippen LogP contribution >= 0.6 is 15.9 Å². The highest BCUT2D eigenvalue weighted by Crippen LogP contribution is 2.34. The first kappa shape index (κ1) is 14.6. The van der Waals surface area contributed by atoms with Gasteiger partial charge in [0.2, 0.25) is 0 Å². The molecule has 2 rings (SSSR count). The second kappa shape index (κ2) is 6.08. The summed E-state index contributed by atoms with van der Waals surface area (Å²) in [4.78, 5) is 12.3. The Morgan fingerprint density at radius 3 is 2.74 bits per heavy atom. The normalized spacial score (nSPS) is 26.4. The van der Waals surface area contributed by atoms with E-state index in [4.69, 9.17) is 0 Å². The van der Waals surface area contributed by atoms with Gasteiger partial charge in [0, 0.05) is 16.1 Å². The van der Waals surface area contributed by atoms with Crippen molar-refractivity contribution < 1.29 is 4.79 Å². The van der Waals surface area contributed by atoms with Crippen molar-refractivity contribution in [1.82, 2.24) is 5.32 Å². The third kappa shape index (κ3) is 3.19. The molecule has 1 aromatic carbocycles. The molecule has 0 radical (unpaired) electrons. The summed E-state index contributed by atoms with van der Waals surface area (Å²) in [6, 6.07) is 6.10. The van der Waals surface area contributed by atoms with Crippen LogP contribution in [0, 0.1) is 18.8 Å². The van der Waals surface area contributed by atoms with E-state index in [0.717, 1.165) is 27.9 Å². The quantitative estimate of drug-likeness (QED) is 0.882. The predicted molar refractivity (Wildman–Crippen MR) is 82.3 cm³/mol. The summed E-state index contributed by atoms with van der Waals surface area (Å²) in [5, 5.41) is 3.20. The van der Waals surface area contributed by atoms with E-state index in [1.54, 1.807) is 0 Å². The van der Waals surface area contributed by atoms with Crippen molar-refractivity contribution in [1.29, 1.82) is 0 Å². The molecule has 0 bridgehead atoms. The van der Waals surface area contributed by atoms with Gasteiger partial charge in [-0.05, 0) is 55.4 Å². The zero-order valence-electron chi connectivity index (χ0n) is 11.9. The van der Waals surface area contributed by atoms with E-state index in [1.807, 2.05) is 25.1 Å². The standard InChI is InChI=1S/C16H22BrNO/c1-4-12-6-8-15(11(12)3)18-16(19)13-5-7-14(17)10(2)9-13/h5,7,9,11-12,15H,4,6,8H2,1-3H3,(H,18,19). The fraction of sp³-hybridized carbons (Fsp3) is 0.562. The molecule has 3 unspecified atom stereocenters. The van der Waals surface area contributed by atoms with E-state index in [2.05, 4.69) is 35.1 Å². The van der Waals surface area contributed by atoms with E-state index >= 15 is 0 Å². The number of carbonyl (C=O) groups excluding carboxylic acids is 1. The monoisotopic (exact) mass is 323 g/mol. The summed E-state index contributed by atoms with van der Waals surface area (Å²) in [5.74, 6) is 1.41. The van der Waals surface area contributed by atoms with Crippen LogP contribution in [0.15, 0.2) is 22.7 Å². The lowest BCUT2D eigenvalue weighted by Gasteiger charge is -2.21. The topological polar surface area (TPSA) is 29.1 Å². The maximum absolute atomic E-state index is 12.3. The third-order valence-electron chi connectivity index (χ3n) is 4.49. The largest absolute Gasteiger partial charge is 0.349 e. The van der Waals surface area contributed by atoms with Gasteiger partial charge >= 0.3 is 0 Å². The van der Waals surface area contributed by atoms with Gasteiger partial charge in [-0.25, -0.2) is 0 Å². The van der Waals surface area contributed by atoms with Gasteiger partial charge < -0.3 is 5.32 Å². The van der Waals surface area contributed by atoms with Gasteiger partial charge in [0.25, 0.3) is 5.91 Å². The van der Waals surface area contributed by atoms with Crippen molar-refractivity contribution in [2.45, 2.75) is 46.1 Å². The van der Waals surface area contributed by atoms with Gasteiger partial charge in [-0.3, -0.25) is 4.79 Å². The minimum atomic E-state index is 0.0594. The van der Waals surface area contributed by atoms with Crippen LogP contribution in [-0.4, -0.2) is 11.9 Å². The Hall–Kier alpha value is -0.830. The molecule has 104 valence electrons. The van der Waals surface area contributed by atoms with Crippen molar-refractivity contribution in [3.63, 3.8) is 0 Å². The Labute approximate surface area is 124 Å². The minimum absolute atomic E-state index is 0.0594. The lowest BCUT2D eigenvalue weighted by Crippen LogP contribution is -2.37. The lowest BCUT2D eigenvalue weighted by atomic mass is 9.93. The van der Waals surface area contributed by atoms with Crippen LogP contribution in [0.4, 0.5) is 0 Å². The van der Waals surface area contributed by atoms with Crippen LogP contribution < -0.4 is 5.32 Å². The summed E-state index contributed by atoms with van der Waals surface area (Å²) < 4.78 is 1.05. The molecule has 1 saturated carbocycles. The molecule has 0 aliphatic heterocycles. The van der Waals surface area contributed by atoms with E-state index in [0.29, 0.717) is 12.0 Å². The number of hydrogen-bond donors (Lipinski definition) is 1. The molecule has 1 aromatic rings. The van der Waals surface area contributed by atoms with Gasteiger partial charge in [-0.2, -0.15) is 0 Å². The molecule has 0 spiro atoms. The van der Waals surface area contributed by atoms with Gasteiger partial charge in [-0.15, -0.1) is 0 Å². The Balaban J connectivity index is 2.03. The molecule has 1 fully saturated rings. The minimum Gasteiger partial charge on any atom is -0.349 e. The first-order valence-electron chi connectivity index (χ1n) is 7.10. The maximum atomic E-state index is 12.3. The zero-order valence-corrected chi connectivity index (χ0v) is 13.5. The number of carbonyl (C=O) groups is 1.